The first-order chi connectivity index (χ1) is 10.4. The van der Waals surface area contributed by atoms with E-state index < -0.39 is 11.9 Å². The number of unbranched alkanes of at least 4 members (excludes halogenated alkanes) is 5. The topological polar surface area (TPSA) is 74.6 Å². The van der Waals surface area contributed by atoms with Crippen LogP contribution < -0.4 is 0 Å². The van der Waals surface area contributed by atoms with E-state index in [1.165, 1.54) is 23.5 Å². The molecule has 0 saturated carbocycles. The van der Waals surface area contributed by atoms with Crippen molar-refractivity contribution in [1.82, 2.24) is 0 Å². The summed E-state index contributed by atoms with van der Waals surface area (Å²) < 4.78 is 1.56. The van der Waals surface area contributed by atoms with Crippen molar-refractivity contribution in [1.29, 1.82) is 0 Å². The van der Waals surface area contributed by atoms with Crippen LogP contribution >= 0.6 is 48.0 Å². The highest BCUT2D eigenvalue weighted by molar-refractivity contribution is 8.23. The third-order valence-corrected chi connectivity index (χ3v) is 5.68. The third-order valence-electron chi connectivity index (χ3n) is 2.73. The zero-order chi connectivity index (χ0) is 16.8. The average molecular weight is 383 g/mol. The summed E-state index contributed by atoms with van der Waals surface area (Å²) in [5.41, 5.74) is 0. The van der Waals surface area contributed by atoms with Gasteiger partial charge in [-0.3, -0.25) is 9.59 Å². The van der Waals surface area contributed by atoms with Gasteiger partial charge in [-0.05, 0) is 25.7 Å². The number of hydrogen-bond acceptors (Lipinski definition) is 6. The molecule has 0 aliphatic carbocycles. The van der Waals surface area contributed by atoms with Crippen molar-refractivity contribution in [3.8, 4) is 0 Å². The molecule has 126 valence electrons. The number of hydrogen-bond donors (Lipinski definition) is 2. The predicted molar refractivity (Wildman–Crippen MR) is 102 cm³/mol. The zero-order valence-electron chi connectivity index (χ0n) is 12.4. The quantitative estimate of drug-likeness (QED) is 0.359. The molecular weight excluding hydrogens is 360 g/mol. The largest absolute Gasteiger partial charge is 0.481 e. The van der Waals surface area contributed by atoms with E-state index in [-0.39, 0.29) is 11.5 Å². The molecule has 0 unspecified atom stereocenters. The second-order valence-corrected chi connectivity index (χ2v) is 8.37. The Hall–Kier alpha value is -0.180. The first kappa shape index (κ1) is 21.8. The lowest BCUT2D eigenvalue weighted by atomic mass is 10.1. The van der Waals surface area contributed by atoms with Gasteiger partial charge in [-0.25, -0.2) is 0 Å². The molecular formula is C14H22O4S4. The molecule has 0 aromatic heterocycles. The van der Waals surface area contributed by atoms with Gasteiger partial charge in [0, 0.05) is 8.39 Å². The molecule has 0 aliphatic rings. The van der Waals surface area contributed by atoms with Crippen LogP contribution in [0.15, 0.2) is 0 Å². The van der Waals surface area contributed by atoms with Crippen molar-refractivity contribution in [3.05, 3.63) is 0 Å². The smallest absolute Gasteiger partial charge is 0.313 e. The molecule has 0 fully saturated rings. The molecule has 0 saturated heterocycles. The van der Waals surface area contributed by atoms with Crippen molar-refractivity contribution in [2.24, 2.45) is 0 Å². The molecule has 0 bridgehead atoms. The normalized spacial score (nSPS) is 10.4. The van der Waals surface area contributed by atoms with Gasteiger partial charge in [0.05, 0.1) is 11.5 Å². The van der Waals surface area contributed by atoms with Crippen LogP contribution in [0.2, 0.25) is 0 Å². The fraction of sp³-hybridized carbons (Fsp3) is 0.714. The summed E-state index contributed by atoms with van der Waals surface area (Å²) in [7, 11) is 0. The van der Waals surface area contributed by atoms with E-state index in [0.717, 1.165) is 59.8 Å². The molecule has 4 nitrogen and oxygen atoms in total. The first-order valence-corrected chi connectivity index (χ1v) is 9.95. The van der Waals surface area contributed by atoms with Crippen molar-refractivity contribution in [3.63, 3.8) is 0 Å². The van der Waals surface area contributed by atoms with Gasteiger partial charge in [0.1, 0.15) is 0 Å². The van der Waals surface area contributed by atoms with Crippen LogP contribution in [0.5, 0.6) is 0 Å². The minimum Gasteiger partial charge on any atom is -0.481 e. The minimum absolute atomic E-state index is 0.0542. The van der Waals surface area contributed by atoms with Gasteiger partial charge in [-0.1, -0.05) is 50.1 Å². The first-order valence-electron chi connectivity index (χ1n) is 7.16. The summed E-state index contributed by atoms with van der Waals surface area (Å²) in [5, 5.41) is 17.1. The van der Waals surface area contributed by atoms with Crippen LogP contribution in [-0.4, -0.2) is 42.1 Å². The highest BCUT2D eigenvalue weighted by atomic mass is 32.2. The Labute approximate surface area is 150 Å². The molecule has 8 heteroatoms. The van der Waals surface area contributed by atoms with Gasteiger partial charge in [0.15, 0.2) is 0 Å². The maximum Gasteiger partial charge on any atom is 0.313 e. The van der Waals surface area contributed by atoms with Crippen LogP contribution in [0.4, 0.5) is 0 Å². The van der Waals surface area contributed by atoms with E-state index in [0.29, 0.717) is 0 Å². The summed E-state index contributed by atoms with van der Waals surface area (Å²) >= 11 is 12.7. The summed E-state index contributed by atoms with van der Waals surface area (Å²) in [4.78, 5) is 20.8. The molecule has 22 heavy (non-hydrogen) atoms. The lowest BCUT2D eigenvalue weighted by molar-refractivity contribution is -0.134. The SMILES string of the molecule is O=C(O)CSC(=S)CCCCCCCCC(=S)SCC(=O)O. The summed E-state index contributed by atoms with van der Waals surface area (Å²) in [6, 6.07) is 0. The van der Waals surface area contributed by atoms with Gasteiger partial charge in [0.25, 0.3) is 0 Å². The highest BCUT2D eigenvalue weighted by Crippen LogP contribution is 2.16. The number of carboxylic acid groups (broad SMARTS) is 2. The molecule has 0 heterocycles. The Kier molecular flexibility index (Phi) is 14.3. The molecule has 0 aromatic carbocycles. The van der Waals surface area contributed by atoms with E-state index in [2.05, 4.69) is 0 Å². The van der Waals surface area contributed by atoms with E-state index in [4.69, 9.17) is 34.6 Å². The number of carbonyl (C=O) groups is 2. The van der Waals surface area contributed by atoms with E-state index in [9.17, 15) is 9.59 Å². The molecule has 0 amide bonds. The maximum absolute atomic E-state index is 10.4. The van der Waals surface area contributed by atoms with Gasteiger partial charge < -0.3 is 10.2 Å². The van der Waals surface area contributed by atoms with Crippen molar-refractivity contribution in [2.75, 3.05) is 11.5 Å². The Balaban J connectivity index is 3.33. The number of rotatable bonds is 13. The van der Waals surface area contributed by atoms with Crippen molar-refractivity contribution < 1.29 is 19.8 Å². The highest BCUT2D eigenvalue weighted by Gasteiger charge is 2.03. The van der Waals surface area contributed by atoms with E-state index in [1.54, 1.807) is 0 Å². The number of aliphatic carboxylic acids is 2. The molecule has 0 rings (SSSR count). The van der Waals surface area contributed by atoms with Crippen LogP contribution in [0.25, 0.3) is 0 Å². The second kappa shape index (κ2) is 14.4. The Bertz CT molecular complexity index is 349. The second-order valence-electron chi connectivity index (χ2n) is 4.73. The predicted octanol–water partition coefficient (Wildman–Crippen LogP) is 4.40. The van der Waals surface area contributed by atoms with Gasteiger partial charge >= 0.3 is 11.9 Å². The fourth-order valence-corrected chi connectivity index (χ4v) is 3.46. The van der Waals surface area contributed by atoms with Crippen LogP contribution in [0.1, 0.15) is 51.4 Å². The Morgan fingerprint density at radius 3 is 1.32 bits per heavy atom. The number of carboxylic acids is 2. The third kappa shape index (κ3) is 16.2. The van der Waals surface area contributed by atoms with Crippen LogP contribution in [0, 0.1) is 0 Å². The monoisotopic (exact) mass is 382 g/mol. The van der Waals surface area contributed by atoms with Crippen LogP contribution in [-0.2, 0) is 9.59 Å². The van der Waals surface area contributed by atoms with Crippen molar-refractivity contribution >= 4 is 68.3 Å². The summed E-state index contributed by atoms with van der Waals surface area (Å²) in [6.45, 7) is 0. The van der Waals surface area contributed by atoms with Crippen molar-refractivity contribution in [2.45, 2.75) is 51.4 Å². The van der Waals surface area contributed by atoms with E-state index in [1.807, 2.05) is 0 Å². The lowest BCUT2D eigenvalue weighted by Gasteiger charge is -2.04. The summed E-state index contributed by atoms with van der Waals surface area (Å²) in [6.07, 6.45) is 8.13. The lowest BCUT2D eigenvalue weighted by Crippen LogP contribution is -2.01. The van der Waals surface area contributed by atoms with E-state index >= 15 is 0 Å². The summed E-state index contributed by atoms with van der Waals surface area (Å²) in [5.74, 6) is -1.55. The van der Waals surface area contributed by atoms with Gasteiger partial charge in [-0.2, -0.15) is 0 Å². The van der Waals surface area contributed by atoms with Gasteiger partial charge in [-0.15, -0.1) is 23.5 Å². The zero-order valence-corrected chi connectivity index (χ0v) is 15.7. The Morgan fingerprint density at radius 1 is 0.682 bits per heavy atom. The molecule has 2 N–H and O–H groups in total. The molecule has 0 atom stereocenters. The van der Waals surface area contributed by atoms with Crippen LogP contribution in [0.3, 0.4) is 0 Å². The minimum atomic E-state index is -0.827. The molecule has 0 aliphatic heterocycles. The Morgan fingerprint density at radius 2 is 1.00 bits per heavy atom. The fourth-order valence-electron chi connectivity index (χ4n) is 1.67. The molecule has 0 aromatic rings. The molecule has 0 radical (unpaired) electrons. The maximum atomic E-state index is 10.4. The standard InChI is InChI=1S/C14H22O4S4/c15-11(16)9-21-13(19)7-5-3-1-2-4-6-8-14(20)22-10-12(17)18/h1-10H2,(H,15,16)(H,17,18). The number of thiocarbonyl (C=S) groups is 2. The number of thioether (sulfide) groups is 2. The molecule has 0 spiro atoms. The average Bonchev–Trinajstić information content (AvgIpc) is 2.45. The van der Waals surface area contributed by atoms with Gasteiger partial charge in [0.2, 0.25) is 0 Å².